The summed E-state index contributed by atoms with van der Waals surface area (Å²) < 4.78 is 0. The van der Waals surface area contributed by atoms with E-state index in [2.05, 4.69) is 36.5 Å². The summed E-state index contributed by atoms with van der Waals surface area (Å²) >= 11 is 1.73. The Hall–Kier alpha value is -0.410. The lowest BCUT2D eigenvalue weighted by Crippen LogP contribution is -2.32. The van der Waals surface area contributed by atoms with E-state index in [9.17, 15) is 0 Å². The molecule has 1 aromatic rings. The highest BCUT2D eigenvalue weighted by atomic mass is 32.1. The van der Waals surface area contributed by atoms with Crippen molar-refractivity contribution in [1.82, 2.24) is 10.3 Å². The third kappa shape index (κ3) is 2.15. The molecular formula is C11H18N2S. The summed E-state index contributed by atoms with van der Waals surface area (Å²) in [6.07, 6.45) is 2.74. The summed E-state index contributed by atoms with van der Waals surface area (Å²) in [7, 11) is 0. The maximum absolute atomic E-state index is 4.44. The van der Waals surface area contributed by atoms with Crippen LogP contribution in [0.1, 0.15) is 37.4 Å². The second-order valence-electron chi connectivity index (χ2n) is 4.61. The van der Waals surface area contributed by atoms with Crippen LogP contribution in [0.5, 0.6) is 0 Å². The van der Waals surface area contributed by atoms with Crippen LogP contribution < -0.4 is 5.32 Å². The van der Waals surface area contributed by atoms with Crippen LogP contribution in [0.3, 0.4) is 0 Å². The molecule has 1 N–H and O–H groups in total. The molecule has 0 saturated heterocycles. The van der Waals surface area contributed by atoms with Gasteiger partial charge in [-0.3, -0.25) is 0 Å². The molecule has 0 aromatic carbocycles. The van der Waals surface area contributed by atoms with Gasteiger partial charge in [0, 0.05) is 18.0 Å². The van der Waals surface area contributed by atoms with Gasteiger partial charge in [-0.2, -0.15) is 0 Å². The number of rotatable bonds is 4. The van der Waals surface area contributed by atoms with Crippen LogP contribution in [0, 0.1) is 12.3 Å². The highest BCUT2D eigenvalue weighted by molar-refractivity contribution is 7.09. The molecule has 0 amide bonds. The van der Waals surface area contributed by atoms with E-state index in [1.807, 2.05) is 0 Å². The molecule has 0 radical (unpaired) electrons. The van der Waals surface area contributed by atoms with E-state index in [4.69, 9.17) is 0 Å². The SMILES string of the molecule is Cc1nc(CNC(C)C2(C)CC2)cs1. The van der Waals surface area contributed by atoms with Gasteiger partial charge in [0.15, 0.2) is 0 Å². The first-order valence-corrected chi connectivity index (χ1v) is 6.12. The number of hydrogen-bond donors (Lipinski definition) is 1. The fourth-order valence-electron chi connectivity index (χ4n) is 1.62. The molecule has 1 atom stereocenters. The molecule has 1 fully saturated rings. The first kappa shape index (κ1) is 10.1. The van der Waals surface area contributed by atoms with Gasteiger partial charge in [0.1, 0.15) is 0 Å². The van der Waals surface area contributed by atoms with E-state index in [1.165, 1.54) is 18.5 Å². The summed E-state index contributed by atoms with van der Waals surface area (Å²) in [5.41, 5.74) is 1.74. The van der Waals surface area contributed by atoms with Crippen molar-refractivity contribution in [1.29, 1.82) is 0 Å². The van der Waals surface area contributed by atoms with Crippen LogP contribution in [0.25, 0.3) is 0 Å². The molecule has 78 valence electrons. The maximum Gasteiger partial charge on any atom is 0.0897 e. The monoisotopic (exact) mass is 210 g/mol. The van der Waals surface area contributed by atoms with E-state index in [1.54, 1.807) is 11.3 Å². The van der Waals surface area contributed by atoms with Crippen LogP contribution in [0.15, 0.2) is 5.38 Å². The highest BCUT2D eigenvalue weighted by Gasteiger charge is 2.42. The van der Waals surface area contributed by atoms with Gasteiger partial charge in [-0.1, -0.05) is 6.92 Å². The quantitative estimate of drug-likeness (QED) is 0.826. The summed E-state index contributed by atoms with van der Waals surface area (Å²) in [5, 5.41) is 6.86. The van der Waals surface area contributed by atoms with Crippen LogP contribution in [0.2, 0.25) is 0 Å². The van der Waals surface area contributed by atoms with Crippen LogP contribution in [-0.4, -0.2) is 11.0 Å². The van der Waals surface area contributed by atoms with Gasteiger partial charge in [0.2, 0.25) is 0 Å². The van der Waals surface area contributed by atoms with E-state index in [0.717, 1.165) is 11.6 Å². The second-order valence-corrected chi connectivity index (χ2v) is 5.68. The Bertz CT molecular complexity index is 315. The number of aromatic nitrogens is 1. The van der Waals surface area contributed by atoms with Gasteiger partial charge in [0.05, 0.1) is 10.7 Å². The van der Waals surface area contributed by atoms with Gasteiger partial charge in [-0.05, 0) is 32.1 Å². The fraction of sp³-hybridized carbons (Fsp3) is 0.727. The number of hydrogen-bond acceptors (Lipinski definition) is 3. The number of nitrogens with zero attached hydrogens (tertiary/aromatic N) is 1. The molecule has 1 saturated carbocycles. The molecule has 3 heteroatoms. The largest absolute Gasteiger partial charge is 0.308 e. The Morgan fingerprint density at radius 3 is 2.86 bits per heavy atom. The van der Waals surface area contributed by atoms with Crippen molar-refractivity contribution in [3.8, 4) is 0 Å². The summed E-state index contributed by atoms with van der Waals surface area (Å²) in [5.74, 6) is 0. The summed E-state index contributed by atoms with van der Waals surface area (Å²) in [6.45, 7) is 7.62. The molecule has 1 heterocycles. The van der Waals surface area contributed by atoms with Crippen LogP contribution in [0.4, 0.5) is 0 Å². The zero-order valence-electron chi connectivity index (χ0n) is 9.13. The van der Waals surface area contributed by atoms with Crippen molar-refractivity contribution in [3.63, 3.8) is 0 Å². The zero-order chi connectivity index (χ0) is 10.2. The molecule has 2 rings (SSSR count). The Morgan fingerprint density at radius 1 is 1.64 bits per heavy atom. The Kier molecular flexibility index (Phi) is 2.62. The molecule has 1 aliphatic carbocycles. The molecule has 1 aromatic heterocycles. The van der Waals surface area contributed by atoms with E-state index < -0.39 is 0 Å². The molecule has 0 aliphatic heterocycles. The molecule has 1 unspecified atom stereocenters. The molecule has 0 bridgehead atoms. The normalized spacial score (nSPS) is 20.8. The van der Waals surface area contributed by atoms with Gasteiger partial charge in [-0.25, -0.2) is 4.98 Å². The van der Waals surface area contributed by atoms with E-state index in [-0.39, 0.29) is 0 Å². The average molecular weight is 210 g/mol. The van der Waals surface area contributed by atoms with Crippen LogP contribution >= 0.6 is 11.3 Å². The molecule has 1 aliphatic rings. The maximum atomic E-state index is 4.44. The zero-order valence-corrected chi connectivity index (χ0v) is 9.95. The Morgan fingerprint density at radius 2 is 2.36 bits per heavy atom. The van der Waals surface area contributed by atoms with Gasteiger partial charge in [-0.15, -0.1) is 11.3 Å². The Labute approximate surface area is 89.8 Å². The predicted molar refractivity (Wildman–Crippen MR) is 60.5 cm³/mol. The molecule has 2 nitrogen and oxygen atoms in total. The minimum absolute atomic E-state index is 0.561. The second kappa shape index (κ2) is 3.63. The first-order valence-electron chi connectivity index (χ1n) is 5.24. The average Bonchev–Trinajstić information content (AvgIpc) is 2.76. The lowest BCUT2D eigenvalue weighted by molar-refractivity contribution is 0.378. The Balaban J connectivity index is 1.82. The van der Waals surface area contributed by atoms with Crippen molar-refractivity contribution in [2.24, 2.45) is 5.41 Å². The smallest absolute Gasteiger partial charge is 0.0897 e. The number of thiazole rings is 1. The van der Waals surface area contributed by atoms with Crippen LogP contribution in [-0.2, 0) is 6.54 Å². The van der Waals surface area contributed by atoms with Crippen molar-refractivity contribution in [3.05, 3.63) is 16.1 Å². The van der Waals surface area contributed by atoms with Gasteiger partial charge in [0.25, 0.3) is 0 Å². The molecular weight excluding hydrogens is 192 g/mol. The fourth-order valence-corrected chi connectivity index (χ4v) is 2.24. The van der Waals surface area contributed by atoms with Crippen molar-refractivity contribution >= 4 is 11.3 Å². The van der Waals surface area contributed by atoms with Crippen molar-refractivity contribution in [2.45, 2.75) is 46.2 Å². The third-order valence-electron chi connectivity index (χ3n) is 3.34. The standard InChI is InChI=1S/C11H18N2S/c1-8(11(3)4-5-11)12-6-10-7-14-9(2)13-10/h7-8,12H,4-6H2,1-3H3. The lowest BCUT2D eigenvalue weighted by atomic mass is 10.0. The summed E-state index contributed by atoms with van der Waals surface area (Å²) in [6, 6.07) is 0.615. The predicted octanol–water partition coefficient (Wildman–Crippen LogP) is 2.73. The topological polar surface area (TPSA) is 24.9 Å². The minimum Gasteiger partial charge on any atom is -0.308 e. The molecule has 0 spiro atoms. The number of aryl methyl sites for hydroxylation is 1. The first-order chi connectivity index (χ1) is 6.60. The third-order valence-corrected chi connectivity index (χ3v) is 4.16. The van der Waals surface area contributed by atoms with E-state index in [0.29, 0.717) is 11.5 Å². The van der Waals surface area contributed by atoms with Crippen molar-refractivity contribution < 1.29 is 0 Å². The van der Waals surface area contributed by atoms with Gasteiger partial charge >= 0.3 is 0 Å². The number of nitrogens with one attached hydrogen (secondary N) is 1. The molecule has 14 heavy (non-hydrogen) atoms. The minimum atomic E-state index is 0.561. The van der Waals surface area contributed by atoms with Crippen molar-refractivity contribution in [2.75, 3.05) is 0 Å². The highest BCUT2D eigenvalue weighted by Crippen LogP contribution is 2.47. The summed E-state index contributed by atoms with van der Waals surface area (Å²) in [4.78, 5) is 4.44. The van der Waals surface area contributed by atoms with E-state index >= 15 is 0 Å². The van der Waals surface area contributed by atoms with Gasteiger partial charge < -0.3 is 5.32 Å². The lowest BCUT2D eigenvalue weighted by Gasteiger charge is -2.19.